The second-order valence-corrected chi connectivity index (χ2v) is 11.2. The molecular weight excluding hydrogens is 478 g/mol. The Morgan fingerprint density at radius 1 is 0.944 bits per heavy atom. The average molecular weight is 508 g/mol. The van der Waals surface area contributed by atoms with E-state index < -0.39 is 32.5 Å². The first kappa shape index (κ1) is 25.4. The van der Waals surface area contributed by atoms with Gasteiger partial charge in [0.25, 0.3) is 0 Å². The Hall–Kier alpha value is -3.65. The number of methoxy groups -OCH3 is 1. The lowest BCUT2D eigenvalue weighted by molar-refractivity contribution is -0.142. The predicted octanol–water partition coefficient (Wildman–Crippen LogP) is 4.26. The molecule has 2 N–H and O–H groups in total. The van der Waals surface area contributed by atoms with Gasteiger partial charge in [0, 0.05) is 12.0 Å². The molecule has 36 heavy (non-hydrogen) atoms. The van der Waals surface area contributed by atoms with Gasteiger partial charge in [0.1, 0.15) is 11.8 Å². The summed E-state index contributed by atoms with van der Waals surface area (Å²) in [5.74, 6) is -1.24. The average Bonchev–Trinajstić information content (AvgIpc) is 3.41. The normalized spacial score (nSPS) is 15.7. The summed E-state index contributed by atoms with van der Waals surface area (Å²) in [6.45, 7) is 0. The maximum absolute atomic E-state index is 13.5. The van der Waals surface area contributed by atoms with Crippen LogP contribution in [0.1, 0.15) is 31.2 Å². The minimum absolute atomic E-state index is 0.0226. The van der Waals surface area contributed by atoms with Crippen molar-refractivity contribution in [2.24, 2.45) is 0 Å². The lowest BCUT2D eigenvalue weighted by Crippen LogP contribution is -2.55. The van der Waals surface area contributed by atoms with E-state index in [1.807, 2.05) is 36.4 Å². The van der Waals surface area contributed by atoms with Crippen LogP contribution in [-0.2, 0) is 25.8 Å². The van der Waals surface area contributed by atoms with E-state index in [1.165, 1.54) is 12.1 Å². The van der Waals surface area contributed by atoms with Crippen LogP contribution in [0, 0.1) is 0 Å². The Morgan fingerprint density at radius 2 is 1.56 bits per heavy atom. The van der Waals surface area contributed by atoms with E-state index in [0.29, 0.717) is 18.4 Å². The van der Waals surface area contributed by atoms with E-state index >= 15 is 0 Å². The van der Waals surface area contributed by atoms with Gasteiger partial charge in [-0.2, -0.15) is 0 Å². The zero-order valence-electron chi connectivity index (χ0n) is 20.0. The third-order valence-electron chi connectivity index (χ3n) is 6.81. The lowest BCUT2D eigenvalue weighted by Gasteiger charge is -2.29. The van der Waals surface area contributed by atoms with E-state index in [4.69, 9.17) is 4.74 Å². The van der Waals surface area contributed by atoms with Gasteiger partial charge in [0.05, 0.1) is 12.0 Å². The molecule has 0 spiro atoms. The number of aliphatic carboxylic acids is 1. The Morgan fingerprint density at radius 3 is 2.17 bits per heavy atom. The summed E-state index contributed by atoms with van der Waals surface area (Å²) in [6, 6.07) is 21.5. The molecule has 1 amide bonds. The first-order valence-electron chi connectivity index (χ1n) is 11.8. The molecule has 0 bridgehead atoms. The van der Waals surface area contributed by atoms with Crippen LogP contribution in [0.15, 0.2) is 83.8 Å². The van der Waals surface area contributed by atoms with Gasteiger partial charge in [-0.05, 0) is 42.2 Å². The van der Waals surface area contributed by atoms with E-state index in [2.05, 4.69) is 5.32 Å². The fourth-order valence-electron chi connectivity index (χ4n) is 4.82. The minimum atomic E-state index is -4.00. The molecule has 0 heterocycles. The zero-order valence-corrected chi connectivity index (χ0v) is 20.8. The molecular formula is C28H29NO6S. The second kappa shape index (κ2) is 10.5. The number of benzene rings is 3. The molecule has 0 saturated heterocycles. The highest BCUT2D eigenvalue weighted by Gasteiger charge is 2.53. The largest absolute Gasteiger partial charge is 0.496 e. The lowest BCUT2D eigenvalue weighted by atomic mass is 9.99. The molecule has 7 nitrogen and oxygen atoms in total. The minimum Gasteiger partial charge on any atom is -0.496 e. The van der Waals surface area contributed by atoms with Gasteiger partial charge < -0.3 is 15.2 Å². The number of carboxylic acid groups (broad SMARTS) is 1. The Labute approximate surface area is 211 Å². The molecule has 1 saturated carbocycles. The van der Waals surface area contributed by atoms with Crippen molar-refractivity contribution >= 4 is 21.7 Å². The van der Waals surface area contributed by atoms with Crippen molar-refractivity contribution in [1.29, 1.82) is 0 Å². The highest BCUT2D eigenvalue weighted by Crippen LogP contribution is 2.41. The summed E-state index contributed by atoms with van der Waals surface area (Å²) < 4.78 is 30.8. The molecule has 1 fully saturated rings. The standard InChI is InChI=1S/C28H29NO6S/c1-35-25-12-6-5-11-23(25)21-15-13-20(14-16-21)19-24(26(30)31)29-27(32)28(17-7-8-18-28)36(33,34)22-9-3-2-4-10-22/h2-6,9-16,24H,7-8,17-19H2,1H3,(H,29,32)(H,30,31)/t24-/m0/s1. The molecule has 3 aromatic rings. The maximum atomic E-state index is 13.5. The number of ether oxygens (including phenoxy) is 1. The molecule has 1 atom stereocenters. The van der Waals surface area contributed by atoms with Crippen molar-refractivity contribution in [3.63, 3.8) is 0 Å². The third-order valence-corrected chi connectivity index (χ3v) is 9.32. The van der Waals surface area contributed by atoms with Crippen molar-refractivity contribution in [3.8, 4) is 16.9 Å². The van der Waals surface area contributed by atoms with E-state index in [9.17, 15) is 23.1 Å². The van der Waals surface area contributed by atoms with Gasteiger partial charge in [-0.1, -0.05) is 73.5 Å². The van der Waals surface area contributed by atoms with Crippen molar-refractivity contribution in [2.75, 3.05) is 7.11 Å². The van der Waals surface area contributed by atoms with E-state index in [1.54, 1.807) is 37.4 Å². The van der Waals surface area contributed by atoms with Crippen LogP contribution in [0.3, 0.4) is 0 Å². The number of para-hydroxylation sites is 1. The maximum Gasteiger partial charge on any atom is 0.326 e. The second-order valence-electron chi connectivity index (χ2n) is 8.98. The van der Waals surface area contributed by atoms with Crippen molar-refractivity contribution < 1.29 is 27.9 Å². The molecule has 1 aliphatic rings. The Bertz CT molecular complexity index is 1330. The van der Waals surface area contributed by atoms with Crippen LogP contribution in [0.4, 0.5) is 0 Å². The topological polar surface area (TPSA) is 110 Å². The number of carbonyl (C=O) groups is 2. The van der Waals surface area contributed by atoms with Gasteiger partial charge in [-0.25, -0.2) is 13.2 Å². The summed E-state index contributed by atoms with van der Waals surface area (Å²) >= 11 is 0. The SMILES string of the molecule is COc1ccccc1-c1ccc(C[C@H](NC(=O)C2(S(=O)(=O)c3ccccc3)CCCC2)C(=O)O)cc1. The summed E-state index contributed by atoms with van der Waals surface area (Å²) in [6.07, 6.45) is 1.52. The zero-order chi connectivity index (χ0) is 25.8. The number of amides is 1. The number of rotatable bonds is 9. The van der Waals surface area contributed by atoms with Gasteiger partial charge in [0.2, 0.25) is 5.91 Å². The van der Waals surface area contributed by atoms with E-state index in [0.717, 1.165) is 16.9 Å². The number of nitrogens with one attached hydrogen (secondary N) is 1. The van der Waals surface area contributed by atoms with Gasteiger partial charge >= 0.3 is 5.97 Å². The molecule has 0 aromatic heterocycles. The molecule has 0 radical (unpaired) electrons. The number of carbonyl (C=O) groups excluding carboxylic acids is 1. The summed E-state index contributed by atoms with van der Waals surface area (Å²) in [7, 11) is -2.40. The number of hydrogen-bond acceptors (Lipinski definition) is 5. The van der Waals surface area contributed by atoms with Crippen LogP contribution in [0.5, 0.6) is 5.75 Å². The molecule has 4 rings (SSSR count). The first-order chi connectivity index (χ1) is 17.3. The molecule has 8 heteroatoms. The highest BCUT2D eigenvalue weighted by molar-refractivity contribution is 7.93. The first-order valence-corrected chi connectivity index (χ1v) is 13.3. The van der Waals surface area contributed by atoms with Crippen molar-refractivity contribution in [1.82, 2.24) is 5.32 Å². The summed E-state index contributed by atoms with van der Waals surface area (Å²) in [4.78, 5) is 25.6. The van der Waals surface area contributed by atoms with Crippen LogP contribution in [0.25, 0.3) is 11.1 Å². The molecule has 1 aliphatic carbocycles. The third kappa shape index (κ3) is 4.86. The highest BCUT2D eigenvalue weighted by atomic mass is 32.2. The van der Waals surface area contributed by atoms with Gasteiger partial charge in [-0.15, -0.1) is 0 Å². The van der Waals surface area contributed by atoms with E-state index in [-0.39, 0.29) is 24.2 Å². The predicted molar refractivity (Wildman–Crippen MR) is 137 cm³/mol. The summed E-state index contributed by atoms with van der Waals surface area (Å²) in [5.41, 5.74) is 2.52. The van der Waals surface area contributed by atoms with Crippen LogP contribution in [-0.4, -0.2) is 43.3 Å². The monoisotopic (exact) mass is 507 g/mol. The fraction of sp³-hybridized carbons (Fsp3) is 0.286. The van der Waals surface area contributed by atoms with Crippen LogP contribution in [0.2, 0.25) is 0 Å². The number of hydrogen-bond donors (Lipinski definition) is 2. The van der Waals surface area contributed by atoms with Gasteiger partial charge in [-0.3, -0.25) is 4.79 Å². The number of sulfone groups is 1. The van der Waals surface area contributed by atoms with Crippen molar-refractivity contribution in [2.45, 2.75) is 47.8 Å². The molecule has 3 aromatic carbocycles. The smallest absolute Gasteiger partial charge is 0.326 e. The Balaban J connectivity index is 1.55. The Kier molecular flexibility index (Phi) is 7.45. The fourth-order valence-corrected chi connectivity index (χ4v) is 6.91. The quantitative estimate of drug-likeness (QED) is 0.448. The van der Waals surface area contributed by atoms with Crippen LogP contribution >= 0.6 is 0 Å². The van der Waals surface area contributed by atoms with Crippen LogP contribution < -0.4 is 10.1 Å². The number of carboxylic acids is 1. The molecule has 188 valence electrons. The molecule has 0 unspecified atom stereocenters. The molecule has 0 aliphatic heterocycles. The summed E-state index contributed by atoms with van der Waals surface area (Å²) in [5, 5.41) is 12.4. The van der Waals surface area contributed by atoms with Crippen molar-refractivity contribution in [3.05, 3.63) is 84.4 Å². The van der Waals surface area contributed by atoms with Gasteiger partial charge in [0.15, 0.2) is 14.6 Å².